The molecular weight excluding hydrogens is 724 g/mol. The number of aliphatic imine (C=N–C) groups is 2. The van der Waals surface area contributed by atoms with Gasteiger partial charge in [0.1, 0.15) is 5.82 Å². The van der Waals surface area contributed by atoms with Crippen molar-refractivity contribution in [1.29, 1.82) is 0 Å². The normalized spacial score (nSPS) is 12.3. The largest absolute Gasteiger partial charge is 0.309 e. The maximum absolute atomic E-state index is 15.5. The number of nitrogens with zero attached hydrogens (tertiary/aromatic N) is 4. The number of hydrogen-bond acceptors (Lipinski definition) is 1. The molecule has 10 aromatic rings. The zero-order valence-corrected chi connectivity index (χ0v) is 32.8. The molecule has 0 bridgehead atoms. The van der Waals surface area contributed by atoms with Gasteiger partial charge in [-0.15, -0.1) is 0 Å². The van der Waals surface area contributed by atoms with Gasteiger partial charge in [0.15, 0.2) is 5.84 Å². The van der Waals surface area contributed by atoms with Crippen LogP contribution in [0.3, 0.4) is 0 Å². The Morgan fingerprint density at radius 2 is 1.07 bits per heavy atom. The minimum atomic E-state index is -0.306. The van der Waals surface area contributed by atoms with Crippen LogP contribution in [0, 0.1) is 12.7 Å². The number of amidine groups is 1. The van der Waals surface area contributed by atoms with Crippen LogP contribution >= 0.6 is 0 Å². The quantitative estimate of drug-likeness (QED) is 0.114. The first-order valence-electron chi connectivity index (χ1n) is 19.8. The van der Waals surface area contributed by atoms with Crippen molar-refractivity contribution in [3.63, 3.8) is 0 Å². The molecule has 2 heterocycles. The average molecular weight is 763 g/mol. The Morgan fingerprint density at radius 3 is 1.71 bits per heavy atom. The van der Waals surface area contributed by atoms with Crippen molar-refractivity contribution >= 4 is 60.9 Å². The summed E-state index contributed by atoms with van der Waals surface area (Å²) < 4.78 is 20.2. The van der Waals surface area contributed by atoms with E-state index in [4.69, 9.17) is 9.98 Å². The van der Waals surface area contributed by atoms with Crippen LogP contribution in [0.5, 0.6) is 0 Å². The second kappa shape index (κ2) is 14.7. The number of benzene rings is 8. The molecule has 0 amide bonds. The first-order valence-corrected chi connectivity index (χ1v) is 19.8. The van der Waals surface area contributed by atoms with Crippen molar-refractivity contribution in [1.82, 2.24) is 9.13 Å². The SMILES string of the molecule is C=C(N=C(N=C(C)c1cc(-n2c3ccccc3c3ccccc32)cc(-c2cccc(F)c2)c1-n1c2ccccc2c2cccc(C)c21)c1ccccc1)c1ccccc1. The van der Waals surface area contributed by atoms with Crippen LogP contribution in [0.25, 0.3) is 71.8 Å². The van der Waals surface area contributed by atoms with Gasteiger partial charge < -0.3 is 9.13 Å². The van der Waals surface area contributed by atoms with Crippen LogP contribution in [0.4, 0.5) is 4.39 Å². The molecule has 0 saturated carbocycles. The predicted molar refractivity (Wildman–Crippen MR) is 246 cm³/mol. The van der Waals surface area contributed by atoms with Gasteiger partial charge in [0.25, 0.3) is 0 Å². The number of hydrogen-bond donors (Lipinski definition) is 0. The minimum absolute atomic E-state index is 0.306. The lowest BCUT2D eigenvalue weighted by Crippen LogP contribution is -2.11. The molecule has 10 rings (SSSR count). The van der Waals surface area contributed by atoms with Crippen molar-refractivity contribution in [3.05, 3.63) is 223 Å². The zero-order chi connectivity index (χ0) is 40.0. The molecule has 0 atom stereocenters. The van der Waals surface area contributed by atoms with Crippen LogP contribution < -0.4 is 0 Å². The summed E-state index contributed by atoms with van der Waals surface area (Å²) in [5.74, 6) is 0.231. The van der Waals surface area contributed by atoms with E-state index in [1.54, 1.807) is 12.1 Å². The van der Waals surface area contributed by atoms with Crippen molar-refractivity contribution in [2.24, 2.45) is 9.98 Å². The molecule has 59 heavy (non-hydrogen) atoms. The van der Waals surface area contributed by atoms with E-state index in [0.717, 1.165) is 94.1 Å². The zero-order valence-electron chi connectivity index (χ0n) is 32.8. The fourth-order valence-corrected chi connectivity index (χ4v) is 8.55. The third-order valence-electron chi connectivity index (χ3n) is 11.2. The summed E-state index contributed by atoms with van der Waals surface area (Å²) in [6.07, 6.45) is 0. The highest BCUT2D eigenvalue weighted by Gasteiger charge is 2.24. The molecule has 0 radical (unpaired) electrons. The first kappa shape index (κ1) is 35.8. The van der Waals surface area contributed by atoms with Crippen LogP contribution in [-0.2, 0) is 0 Å². The predicted octanol–water partition coefficient (Wildman–Crippen LogP) is 13.9. The molecule has 4 nitrogen and oxygen atoms in total. The number of aromatic nitrogens is 2. The van der Waals surface area contributed by atoms with Crippen molar-refractivity contribution in [2.45, 2.75) is 13.8 Å². The molecule has 8 aromatic carbocycles. The molecule has 5 heteroatoms. The van der Waals surface area contributed by atoms with E-state index in [2.05, 4.69) is 126 Å². The van der Waals surface area contributed by atoms with E-state index in [0.29, 0.717) is 11.5 Å². The number of halogens is 1. The second-order valence-corrected chi connectivity index (χ2v) is 14.9. The fraction of sp³-hybridized carbons (Fsp3) is 0.0370. The summed E-state index contributed by atoms with van der Waals surface area (Å²) in [6, 6.07) is 63.4. The van der Waals surface area contributed by atoms with Crippen LogP contribution in [0.2, 0.25) is 0 Å². The molecule has 2 aromatic heterocycles. The molecule has 0 unspecified atom stereocenters. The first-order chi connectivity index (χ1) is 28.9. The lowest BCUT2D eigenvalue weighted by Gasteiger charge is -2.22. The number of aryl methyl sites for hydroxylation is 1. The monoisotopic (exact) mass is 762 g/mol. The van der Waals surface area contributed by atoms with Gasteiger partial charge in [0.05, 0.1) is 33.5 Å². The fourth-order valence-electron chi connectivity index (χ4n) is 8.55. The van der Waals surface area contributed by atoms with Crippen LogP contribution in [0.15, 0.2) is 205 Å². The summed E-state index contributed by atoms with van der Waals surface area (Å²) in [7, 11) is 0. The van der Waals surface area contributed by atoms with Crippen molar-refractivity contribution in [2.75, 3.05) is 0 Å². The topological polar surface area (TPSA) is 34.6 Å². The molecule has 0 N–H and O–H groups in total. The van der Waals surface area contributed by atoms with Gasteiger partial charge in [0.2, 0.25) is 0 Å². The minimum Gasteiger partial charge on any atom is -0.309 e. The Morgan fingerprint density at radius 1 is 0.525 bits per heavy atom. The standard InChI is InChI=1S/C54H39FN4/c1-35-18-16-28-46-45-27-12-15-31-51(45)59(52(35)46)53-47(37(3)57-54(39-21-8-5-9-22-39)56-36(2)38-19-6-4-7-20-38)33-42(34-48(53)40-23-17-24-41(55)32-40)58-49-29-13-10-25-43(49)44-26-11-14-30-50(44)58/h4-34H,2H2,1,3H3. The molecule has 0 aliphatic heterocycles. The number of rotatable bonds is 7. The third kappa shape index (κ3) is 6.25. The summed E-state index contributed by atoms with van der Waals surface area (Å²) in [5.41, 5.74) is 12.9. The van der Waals surface area contributed by atoms with Crippen LogP contribution in [-0.4, -0.2) is 20.7 Å². The average Bonchev–Trinajstić information content (AvgIpc) is 3.80. The second-order valence-electron chi connectivity index (χ2n) is 14.9. The molecule has 0 saturated heterocycles. The molecule has 0 spiro atoms. The van der Waals surface area contributed by atoms with E-state index in [-0.39, 0.29) is 5.82 Å². The smallest absolute Gasteiger partial charge is 0.160 e. The van der Waals surface area contributed by atoms with E-state index < -0.39 is 0 Å². The molecule has 0 fully saturated rings. The summed E-state index contributed by atoms with van der Waals surface area (Å²) >= 11 is 0. The Kier molecular flexibility index (Phi) is 8.91. The van der Waals surface area contributed by atoms with E-state index in [9.17, 15) is 0 Å². The molecule has 0 aliphatic rings. The van der Waals surface area contributed by atoms with E-state index >= 15 is 4.39 Å². The van der Waals surface area contributed by atoms with Gasteiger partial charge in [-0.25, -0.2) is 14.4 Å². The van der Waals surface area contributed by atoms with Gasteiger partial charge in [-0.3, -0.25) is 0 Å². The van der Waals surface area contributed by atoms with E-state index in [1.807, 2.05) is 73.7 Å². The Labute approximate surface area is 342 Å². The van der Waals surface area contributed by atoms with Gasteiger partial charge in [-0.1, -0.05) is 152 Å². The Balaban J connectivity index is 1.36. The van der Waals surface area contributed by atoms with Gasteiger partial charge in [-0.2, -0.15) is 0 Å². The van der Waals surface area contributed by atoms with Crippen molar-refractivity contribution < 1.29 is 4.39 Å². The highest BCUT2D eigenvalue weighted by Crippen LogP contribution is 2.42. The lowest BCUT2D eigenvalue weighted by molar-refractivity contribution is 0.628. The highest BCUT2D eigenvalue weighted by molar-refractivity contribution is 6.17. The number of fused-ring (bicyclic) bond motifs is 6. The Bertz CT molecular complexity index is 3260. The van der Waals surface area contributed by atoms with Crippen LogP contribution in [0.1, 0.15) is 29.2 Å². The van der Waals surface area contributed by atoms with Crippen molar-refractivity contribution in [3.8, 4) is 22.5 Å². The summed E-state index contributed by atoms with van der Waals surface area (Å²) in [6.45, 7) is 8.58. The molecule has 282 valence electrons. The van der Waals surface area contributed by atoms with Gasteiger partial charge >= 0.3 is 0 Å². The third-order valence-corrected chi connectivity index (χ3v) is 11.2. The van der Waals surface area contributed by atoms with E-state index in [1.165, 1.54) is 6.07 Å². The Hall–Kier alpha value is -7.63. The maximum Gasteiger partial charge on any atom is 0.160 e. The lowest BCUT2D eigenvalue weighted by atomic mass is 9.95. The highest BCUT2D eigenvalue weighted by atomic mass is 19.1. The summed E-state index contributed by atoms with van der Waals surface area (Å²) in [5, 5.41) is 4.59. The molecular formula is C54H39FN4. The number of para-hydroxylation sites is 4. The molecule has 0 aliphatic carbocycles. The maximum atomic E-state index is 15.5. The summed E-state index contributed by atoms with van der Waals surface area (Å²) in [4.78, 5) is 10.6. The van der Waals surface area contributed by atoms with Gasteiger partial charge in [-0.05, 0) is 73.0 Å². The van der Waals surface area contributed by atoms with Gasteiger partial charge in [0, 0.05) is 49.6 Å².